The summed E-state index contributed by atoms with van der Waals surface area (Å²) in [6, 6.07) is 14.9. The lowest BCUT2D eigenvalue weighted by Crippen LogP contribution is -2.05. The molecule has 0 aliphatic carbocycles. The minimum Gasteiger partial charge on any atom is -0.330 e. The number of nitrogens with zero attached hydrogens (tertiary/aromatic N) is 2. The van der Waals surface area contributed by atoms with E-state index in [1.54, 1.807) is 6.92 Å². The number of Topliss-reactive ketones (excluding diaryl/α,β-unsaturated/α-hetero) is 1. The van der Waals surface area contributed by atoms with E-state index in [2.05, 4.69) is 52.0 Å². The Hall–Kier alpha value is -2.42. The lowest BCUT2D eigenvalue weighted by Gasteiger charge is -2.09. The summed E-state index contributed by atoms with van der Waals surface area (Å²) in [5, 5.41) is 2.50. The molecule has 0 saturated carbocycles. The van der Waals surface area contributed by atoms with Crippen LogP contribution < -0.4 is 0 Å². The lowest BCUT2D eigenvalue weighted by atomic mass is 10.1. The minimum atomic E-state index is 0.216. The van der Waals surface area contributed by atoms with Crippen molar-refractivity contribution in [2.45, 2.75) is 26.3 Å². The molecule has 21 heavy (non-hydrogen) atoms. The summed E-state index contributed by atoms with van der Waals surface area (Å²) in [6.45, 7) is 2.42. The van der Waals surface area contributed by atoms with Crippen molar-refractivity contribution in [1.29, 1.82) is 0 Å². The van der Waals surface area contributed by atoms with E-state index in [9.17, 15) is 4.79 Å². The van der Waals surface area contributed by atoms with Gasteiger partial charge >= 0.3 is 0 Å². The van der Waals surface area contributed by atoms with Crippen LogP contribution in [-0.2, 0) is 17.8 Å². The molecule has 0 saturated heterocycles. The molecule has 0 radical (unpaired) electrons. The molecule has 0 N–H and O–H groups in total. The van der Waals surface area contributed by atoms with Crippen LogP contribution in [0.2, 0.25) is 0 Å². The molecule has 106 valence electrons. The van der Waals surface area contributed by atoms with Gasteiger partial charge in [0.15, 0.2) is 0 Å². The van der Waals surface area contributed by atoms with Crippen LogP contribution in [0.5, 0.6) is 0 Å². The molecule has 1 aromatic heterocycles. The molecule has 2 aromatic carbocycles. The second-order valence-corrected chi connectivity index (χ2v) is 5.40. The van der Waals surface area contributed by atoms with Gasteiger partial charge in [-0.05, 0) is 35.7 Å². The maximum Gasteiger partial charge on any atom is 0.130 e. The van der Waals surface area contributed by atoms with Crippen LogP contribution in [0.1, 0.15) is 24.6 Å². The van der Waals surface area contributed by atoms with E-state index in [1.165, 1.54) is 16.3 Å². The summed E-state index contributed by atoms with van der Waals surface area (Å²) in [5.74, 6) is 0.216. The summed E-state index contributed by atoms with van der Waals surface area (Å²) in [6.07, 6.45) is 5.01. The van der Waals surface area contributed by atoms with Crippen LogP contribution in [0, 0.1) is 0 Å². The monoisotopic (exact) mass is 278 g/mol. The number of hydrogen-bond donors (Lipinski definition) is 0. The minimum absolute atomic E-state index is 0.216. The first-order chi connectivity index (χ1) is 10.2. The summed E-state index contributed by atoms with van der Waals surface area (Å²) in [5.41, 5.74) is 2.36. The number of hydrogen-bond acceptors (Lipinski definition) is 2. The first-order valence-electron chi connectivity index (χ1n) is 7.18. The summed E-state index contributed by atoms with van der Waals surface area (Å²) >= 11 is 0. The zero-order valence-corrected chi connectivity index (χ0v) is 12.1. The van der Waals surface area contributed by atoms with Gasteiger partial charge in [0.2, 0.25) is 0 Å². The Morgan fingerprint density at radius 3 is 2.76 bits per heavy atom. The topological polar surface area (TPSA) is 34.9 Å². The van der Waals surface area contributed by atoms with E-state index < -0.39 is 0 Å². The standard InChI is InChI=1S/C18H18N2O/c1-14(21)6-9-18-11-19-13-20(18)12-15-7-8-16-4-2-3-5-17(16)10-15/h2-5,7-8,10-11,13H,6,9,12H2,1H3. The highest BCUT2D eigenvalue weighted by molar-refractivity contribution is 5.83. The van der Waals surface area contributed by atoms with Gasteiger partial charge in [-0.2, -0.15) is 0 Å². The number of aryl methyl sites for hydroxylation is 1. The maximum absolute atomic E-state index is 11.1. The van der Waals surface area contributed by atoms with E-state index in [1.807, 2.05) is 12.5 Å². The third-order valence-electron chi connectivity index (χ3n) is 3.70. The molecular formula is C18H18N2O. The molecule has 3 nitrogen and oxygen atoms in total. The van der Waals surface area contributed by atoms with Crippen molar-refractivity contribution < 1.29 is 4.79 Å². The molecule has 0 bridgehead atoms. The van der Waals surface area contributed by atoms with E-state index in [0.717, 1.165) is 18.7 Å². The van der Waals surface area contributed by atoms with E-state index in [-0.39, 0.29) is 5.78 Å². The van der Waals surface area contributed by atoms with E-state index >= 15 is 0 Å². The summed E-state index contributed by atoms with van der Waals surface area (Å²) in [7, 11) is 0. The van der Waals surface area contributed by atoms with Crippen LogP contribution in [-0.4, -0.2) is 15.3 Å². The maximum atomic E-state index is 11.1. The highest BCUT2D eigenvalue weighted by Crippen LogP contribution is 2.17. The van der Waals surface area contributed by atoms with Crippen molar-refractivity contribution in [2.75, 3.05) is 0 Å². The Morgan fingerprint density at radius 2 is 1.95 bits per heavy atom. The first kappa shape index (κ1) is 13.6. The SMILES string of the molecule is CC(=O)CCc1cncn1Cc1ccc2ccccc2c1. The Balaban J connectivity index is 1.82. The molecule has 0 atom stereocenters. The third-order valence-corrected chi connectivity index (χ3v) is 3.70. The average molecular weight is 278 g/mol. The van der Waals surface area contributed by atoms with Gasteiger partial charge in [0.25, 0.3) is 0 Å². The molecule has 3 aromatic rings. The van der Waals surface area contributed by atoms with Gasteiger partial charge in [0.05, 0.1) is 6.33 Å². The third kappa shape index (κ3) is 3.19. The van der Waals surface area contributed by atoms with Crippen molar-refractivity contribution in [2.24, 2.45) is 0 Å². The van der Waals surface area contributed by atoms with Gasteiger partial charge in [0.1, 0.15) is 5.78 Å². The number of fused-ring (bicyclic) bond motifs is 1. The number of imidazole rings is 1. The van der Waals surface area contributed by atoms with Gasteiger partial charge in [-0.3, -0.25) is 0 Å². The van der Waals surface area contributed by atoms with Crippen molar-refractivity contribution >= 4 is 16.6 Å². The largest absolute Gasteiger partial charge is 0.330 e. The van der Waals surface area contributed by atoms with Gasteiger partial charge in [-0.1, -0.05) is 36.4 Å². The molecule has 0 amide bonds. The van der Waals surface area contributed by atoms with Crippen LogP contribution in [0.15, 0.2) is 55.0 Å². The van der Waals surface area contributed by atoms with Crippen LogP contribution in [0.3, 0.4) is 0 Å². The highest BCUT2D eigenvalue weighted by Gasteiger charge is 2.05. The Labute approximate surface area is 124 Å². The first-order valence-corrected chi connectivity index (χ1v) is 7.18. The lowest BCUT2D eigenvalue weighted by molar-refractivity contribution is -0.117. The molecule has 0 spiro atoms. The van der Waals surface area contributed by atoms with Gasteiger partial charge in [-0.15, -0.1) is 0 Å². The Morgan fingerprint density at radius 1 is 1.14 bits per heavy atom. The normalized spacial score (nSPS) is 10.9. The molecule has 1 heterocycles. The van der Waals surface area contributed by atoms with E-state index in [4.69, 9.17) is 0 Å². The zero-order chi connectivity index (χ0) is 14.7. The van der Waals surface area contributed by atoms with Gasteiger partial charge in [-0.25, -0.2) is 4.98 Å². The second kappa shape index (κ2) is 5.92. The number of ketones is 1. The zero-order valence-electron chi connectivity index (χ0n) is 12.1. The number of aromatic nitrogens is 2. The molecule has 0 unspecified atom stereocenters. The fraction of sp³-hybridized carbons (Fsp3) is 0.222. The number of rotatable bonds is 5. The average Bonchev–Trinajstić information content (AvgIpc) is 2.92. The van der Waals surface area contributed by atoms with Crippen molar-refractivity contribution in [3.8, 4) is 0 Å². The van der Waals surface area contributed by atoms with Crippen molar-refractivity contribution in [3.05, 3.63) is 66.2 Å². The van der Waals surface area contributed by atoms with Gasteiger partial charge < -0.3 is 9.36 Å². The molecule has 0 aliphatic rings. The predicted octanol–water partition coefficient (Wildman–Crippen LogP) is 3.61. The fourth-order valence-electron chi connectivity index (χ4n) is 2.54. The van der Waals surface area contributed by atoms with Gasteiger partial charge in [0, 0.05) is 24.9 Å². The second-order valence-electron chi connectivity index (χ2n) is 5.40. The quantitative estimate of drug-likeness (QED) is 0.714. The summed E-state index contributed by atoms with van der Waals surface area (Å²) < 4.78 is 2.12. The number of benzene rings is 2. The van der Waals surface area contributed by atoms with Crippen LogP contribution in [0.4, 0.5) is 0 Å². The van der Waals surface area contributed by atoms with Crippen molar-refractivity contribution in [1.82, 2.24) is 9.55 Å². The molecule has 3 heteroatoms. The van der Waals surface area contributed by atoms with E-state index in [0.29, 0.717) is 6.42 Å². The molecular weight excluding hydrogens is 260 g/mol. The number of carbonyl (C=O) groups excluding carboxylic acids is 1. The molecule has 0 aliphatic heterocycles. The predicted molar refractivity (Wildman–Crippen MR) is 84.3 cm³/mol. The summed E-state index contributed by atoms with van der Waals surface area (Å²) in [4.78, 5) is 15.3. The van der Waals surface area contributed by atoms with Crippen LogP contribution >= 0.6 is 0 Å². The Kier molecular flexibility index (Phi) is 3.82. The molecule has 0 fully saturated rings. The smallest absolute Gasteiger partial charge is 0.130 e. The molecule has 3 rings (SSSR count). The Bertz CT molecular complexity index is 773. The van der Waals surface area contributed by atoms with Crippen LogP contribution in [0.25, 0.3) is 10.8 Å². The van der Waals surface area contributed by atoms with Crippen molar-refractivity contribution in [3.63, 3.8) is 0 Å². The highest BCUT2D eigenvalue weighted by atomic mass is 16.1. The fourth-order valence-corrected chi connectivity index (χ4v) is 2.54. The number of carbonyl (C=O) groups is 1.